The van der Waals surface area contributed by atoms with Gasteiger partial charge in [-0.1, -0.05) is 37.6 Å². The second kappa shape index (κ2) is 4.94. The van der Waals surface area contributed by atoms with Crippen LogP contribution in [0.25, 0.3) is 0 Å². The number of hydrogen-bond acceptors (Lipinski definition) is 2. The lowest BCUT2D eigenvalue weighted by Gasteiger charge is -2.31. The molecule has 0 bridgehead atoms. The minimum Gasteiger partial charge on any atom is -0.386 e. The summed E-state index contributed by atoms with van der Waals surface area (Å²) < 4.78 is 14.5. The first-order valence-corrected chi connectivity index (χ1v) is 6.33. The van der Waals surface area contributed by atoms with Gasteiger partial charge in [-0.25, -0.2) is 4.39 Å². The summed E-state index contributed by atoms with van der Waals surface area (Å²) in [5, 5.41) is 15.0. The molecule has 102 valence electrons. The lowest BCUT2D eigenvalue weighted by molar-refractivity contribution is 0.0923. The Morgan fingerprint density at radius 1 is 1.32 bits per heavy atom. The molecule has 1 atom stereocenters. The third-order valence-electron chi connectivity index (χ3n) is 3.47. The van der Waals surface area contributed by atoms with E-state index in [1.165, 1.54) is 18.3 Å². The molecule has 5 heteroatoms. The number of hydrogen-bond donors (Lipinski definition) is 1. The van der Waals surface area contributed by atoms with E-state index in [0.717, 1.165) is 5.56 Å². The van der Waals surface area contributed by atoms with E-state index in [4.69, 9.17) is 11.6 Å². The zero-order chi connectivity index (χ0) is 14.2. The van der Waals surface area contributed by atoms with E-state index in [1.807, 2.05) is 13.8 Å². The van der Waals surface area contributed by atoms with Gasteiger partial charge in [-0.2, -0.15) is 5.10 Å². The van der Waals surface area contributed by atoms with Crippen molar-refractivity contribution in [3.05, 3.63) is 52.6 Å². The Morgan fingerprint density at radius 3 is 2.37 bits per heavy atom. The molecule has 2 aromatic rings. The summed E-state index contributed by atoms with van der Waals surface area (Å²) in [6, 6.07) is 6.11. The van der Waals surface area contributed by atoms with Gasteiger partial charge in [0.05, 0.1) is 16.9 Å². The van der Waals surface area contributed by atoms with Crippen LogP contribution in [-0.4, -0.2) is 14.9 Å². The van der Waals surface area contributed by atoms with Crippen molar-refractivity contribution in [2.75, 3.05) is 0 Å². The zero-order valence-corrected chi connectivity index (χ0v) is 11.8. The predicted molar refractivity (Wildman–Crippen MR) is 72.6 cm³/mol. The van der Waals surface area contributed by atoms with Crippen LogP contribution in [0.1, 0.15) is 31.2 Å². The Hall–Kier alpha value is -1.39. The number of aryl methyl sites for hydroxylation is 1. The highest BCUT2D eigenvalue weighted by Gasteiger charge is 2.34. The molecule has 3 nitrogen and oxygen atoms in total. The van der Waals surface area contributed by atoms with E-state index in [-0.39, 0.29) is 5.82 Å². The predicted octanol–water partition coefficient (Wildman–Crippen LogP) is 3.22. The molecule has 0 aliphatic carbocycles. The molecule has 1 aromatic heterocycles. The van der Waals surface area contributed by atoms with Gasteiger partial charge in [-0.15, -0.1) is 0 Å². The molecule has 0 amide bonds. The second-order valence-electron chi connectivity index (χ2n) is 5.13. The molecule has 1 N–H and O–H groups in total. The van der Waals surface area contributed by atoms with Crippen molar-refractivity contribution in [1.82, 2.24) is 9.78 Å². The standard InChI is InChI=1S/C14H16ClFN2O/c1-14(2,9-4-6-10(16)7-5-9)13(19)12-11(15)8-17-18(12)3/h4-8,13,19H,1-3H3. The number of rotatable bonds is 3. The van der Waals surface area contributed by atoms with Crippen molar-refractivity contribution < 1.29 is 9.50 Å². The van der Waals surface area contributed by atoms with Crippen molar-refractivity contribution in [2.45, 2.75) is 25.4 Å². The molecular formula is C14H16ClFN2O. The van der Waals surface area contributed by atoms with Crippen LogP contribution in [-0.2, 0) is 12.5 Å². The van der Waals surface area contributed by atoms with Gasteiger partial charge in [-0.05, 0) is 17.7 Å². The monoisotopic (exact) mass is 282 g/mol. The summed E-state index contributed by atoms with van der Waals surface area (Å²) in [6.07, 6.45) is 0.666. The highest BCUT2D eigenvalue weighted by molar-refractivity contribution is 6.31. The van der Waals surface area contributed by atoms with E-state index in [1.54, 1.807) is 23.9 Å². The van der Waals surface area contributed by atoms with Crippen LogP contribution in [0.15, 0.2) is 30.5 Å². The van der Waals surface area contributed by atoms with Crippen molar-refractivity contribution in [2.24, 2.45) is 7.05 Å². The fourth-order valence-corrected chi connectivity index (χ4v) is 2.38. The van der Waals surface area contributed by atoms with Gasteiger partial charge in [0.25, 0.3) is 0 Å². The molecule has 1 heterocycles. The molecule has 0 radical (unpaired) electrons. The maximum absolute atomic E-state index is 13.0. The summed E-state index contributed by atoms with van der Waals surface area (Å²) >= 11 is 6.06. The number of benzene rings is 1. The molecule has 1 aromatic carbocycles. The topological polar surface area (TPSA) is 38.0 Å². The second-order valence-corrected chi connectivity index (χ2v) is 5.54. The number of nitrogens with zero attached hydrogens (tertiary/aromatic N) is 2. The van der Waals surface area contributed by atoms with E-state index >= 15 is 0 Å². The highest BCUT2D eigenvalue weighted by atomic mass is 35.5. The lowest BCUT2D eigenvalue weighted by Crippen LogP contribution is -2.28. The Labute approximate surface area is 116 Å². The number of aliphatic hydroxyl groups excluding tert-OH is 1. The first kappa shape index (κ1) is 14.0. The minimum atomic E-state index is -0.835. The van der Waals surface area contributed by atoms with E-state index in [0.29, 0.717) is 10.7 Å². The molecule has 1 unspecified atom stereocenters. The smallest absolute Gasteiger partial charge is 0.123 e. The van der Waals surface area contributed by atoms with Crippen molar-refractivity contribution >= 4 is 11.6 Å². The number of aliphatic hydroxyl groups is 1. The molecule has 19 heavy (non-hydrogen) atoms. The fourth-order valence-electron chi connectivity index (χ4n) is 2.11. The maximum Gasteiger partial charge on any atom is 0.123 e. The lowest BCUT2D eigenvalue weighted by atomic mass is 9.78. The first-order valence-electron chi connectivity index (χ1n) is 5.95. The molecule has 2 rings (SSSR count). The molecule has 0 aliphatic rings. The van der Waals surface area contributed by atoms with Gasteiger partial charge in [0.15, 0.2) is 0 Å². The SMILES string of the molecule is Cn1ncc(Cl)c1C(O)C(C)(C)c1ccc(F)cc1. The Kier molecular flexibility index (Phi) is 3.65. The van der Waals surface area contributed by atoms with Gasteiger partial charge in [0.1, 0.15) is 11.9 Å². The Bertz CT molecular complexity index is 558. The number of halogens is 2. The quantitative estimate of drug-likeness (QED) is 0.939. The van der Waals surface area contributed by atoms with Gasteiger partial charge >= 0.3 is 0 Å². The Morgan fingerprint density at radius 2 is 1.89 bits per heavy atom. The van der Waals surface area contributed by atoms with Crippen LogP contribution >= 0.6 is 11.6 Å². The largest absolute Gasteiger partial charge is 0.386 e. The van der Waals surface area contributed by atoms with Crippen molar-refractivity contribution in [3.8, 4) is 0 Å². The molecule has 0 fully saturated rings. The van der Waals surface area contributed by atoms with E-state index in [2.05, 4.69) is 5.10 Å². The zero-order valence-electron chi connectivity index (χ0n) is 11.1. The molecule has 0 saturated heterocycles. The van der Waals surface area contributed by atoms with Crippen LogP contribution in [0.4, 0.5) is 4.39 Å². The van der Waals surface area contributed by atoms with Gasteiger partial charge in [-0.3, -0.25) is 4.68 Å². The summed E-state index contributed by atoms with van der Waals surface area (Å²) in [7, 11) is 1.73. The van der Waals surface area contributed by atoms with Crippen LogP contribution in [0.3, 0.4) is 0 Å². The fraction of sp³-hybridized carbons (Fsp3) is 0.357. The summed E-state index contributed by atoms with van der Waals surface area (Å²) in [4.78, 5) is 0. The van der Waals surface area contributed by atoms with Gasteiger partial charge in [0, 0.05) is 12.5 Å². The van der Waals surface area contributed by atoms with Crippen LogP contribution < -0.4 is 0 Å². The average molecular weight is 283 g/mol. The van der Waals surface area contributed by atoms with Crippen LogP contribution in [0.5, 0.6) is 0 Å². The highest BCUT2D eigenvalue weighted by Crippen LogP contribution is 2.39. The third kappa shape index (κ3) is 2.51. The normalized spacial score (nSPS) is 13.6. The van der Waals surface area contributed by atoms with Crippen LogP contribution in [0, 0.1) is 5.82 Å². The maximum atomic E-state index is 13.0. The van der Waals surface area contributed by atoms with Crippen molar-refractivity contribution in [1.29, 1.82) is 0 Å². The summed E-state index contributed by atoms with van der Waals surface area (Å²) in [5.41, 5.74) is 0.778. The van der Waals surface area contributed by atoms with E-state index < -0.39 is 11.5 Å². The molecule has 0 aliphatic heterocycles. The molecular weight excluding hydrogens is 267 g/mol. The first-order chi connectivity index (χ1) is 8.84. The van der Waals surface area contributed by atoms with Gasteiger partial charge in [0.2, 0.25) is 0 Å². The van der Waals surface area contributed by atoms with Gasteiger partial charge < -0.3 is 5.11 Å². The number of aromatic nitrogens is 2. The molecule has 0 spiro atoms. The summed E-state index contributed by atoms with van der Waals surface area (Å²) in [6.45, 7) is 3.77. The Balaban J connectivity index is 2.41. The van der Waals surface area contributed by atoms with E-state index in [9.17, 15) is 9.50 Å². The summed E-state index contributed by atoms with van der Waals surface area (Å²) in [5.74, 6) is -0.299. The molecule has 0 saturated carbocycles. The minimum absolute atomic E-state index is 0.299. The van der Waals surface area contributed by atoms with Crippen molar-refractivity contribution in [3.63, 3.8) is 0 Å². The average Bonchev–Trinajstić information content (AvgIpc) is 2.68. The third-order valence-corrected chi connectivity index (χ3v) is 3.76. The van der Waals surface area contributed by atoms with Crippen LogP contribution in [0.2, 0.25) is 5.02 Å².